The number of hydrogen-bond acceptors (Lipinski definition) is 4. The standard InChI is InChI=1S/C24H26F3N3O2/c1-28-22(8-4-18(15-31)16-10-12-29-13-11-16)21(14-20-7-9-23(32)30-20)17-2-5-19(6-3-17)24(25,26)27/h2-6,8,10,14-15,20,28-29H,7,9,11-13H2,1H3,(H,30,32)/b18-4+,21-14+,22-8-/t20-/m1/s1. The summed E-state index contributed by atoms with van der Waals surface area (Å²) in [6.45, 7) is 1.49. The first-order chi connectivity index (χ1) is 15.3. The third kappa shape index (κ3) is 5.97. The van der Waals surface area contributed by atoms with Crippen LogP contribution in [-0.2, 0) is 15.8 Å². The summed E-state index contributed by atoms with van der Waals surface area (Å²) in [5.41, 5.74) is 2.62. The van der Waals surface area contributed by atoms with Crippen LogP contribution in [0.5, 0.6) is 0 Å². The summed E-state index contributed by atoms with van der Waals surface area (Å²) >= 11 is 0. The molecule has 8 heteroatoms. The lowest BCUT2D eigenvalue weighted by Crippen LogP contribution is -2.24. The Bertz CT molecular complexity index is 973. The van der Waals surface area contributed by atoms with Crippen LogP contribution in [0.1, 0.15) is 30.4 Å². The number of benzene rings is 1. The van der Waals surface area contributed by atoms with E-state index < -0.39 is 11.7 Å². The number of alkyl halides is 3. The van der Waals surface area contributed by atoms with Crippen molar-refractivity contribution in [3.63, 3.8) is 0 Å². The second-order valence-corrected chi connectivity index (χ2v) is 7.62. The number of halogens is 3. The van der Waals surface area contributed by atoms with E-state index in [9.17, 15) is 22.8 Å². The van der Waals surface area contributed by atoms with Crippen LogP contribution < -0.4 is 16.0 Å². The smallest absolute Gasteiger partial charge is 0.388 e. The van der Waals surface area contributed by atoms with E-state index in [-0.39, 0.29) is 11.9 Å². The maximum absolute atomic E-state index is 13.0. The van der Waals surface area contributed by atoms with Crippen molar-refractivity contribution >= 4 is 17.8 Å². The molecule has 32 heavy (non-hydrogen) atoms. The number of hydrogen-bond donors (Lipinski definition) is 3. The van der Waals surface area contributed by atoms with Gasteiger partial charge in [0.2, 0.25) is 5.91 Å². The van der Waals surface area contributed by atoms with Gasteiger partial charge in [0.15, 0.2) is 0 Å². The molecule has 0 bridgehead atoms. The van der Waals surface area contributed by atoms with Crippen LogP contribution in [0.15, 0.2) is 65.4 Å². The molecule has 2 aliphatic rings. The fourth-order valence-corrected chi connectivity index (χ4v) is 3.73. The van der Waals surface area contributed by atoms with E-state index in [2.05, 4.69) is 16.0 Å². The van der Waals surface area contributed by atoms with E-state index in [1.54, 1.807) is 19.2 Å². The first-order valence-electron chi connectivity index (χ1n) is 10.5. The molecule has 1 fully saturated rings. The quantitative estimate of drug-likeness (QED) is 0.341. The Morgan fingerprint density at radius 3 is 2.44 bits per heavy atom. The fourth-order valence-electron chi connectivity index (χ4n) is 3.73. The van der Waals surface area contributed by atoms with Crippen LogP contribution in [0.2, 0.25) is 0 Å². The van der Waals surface area contributed by atoms with Crippen LogP contribution in [0.25, 0.3) is 5.57 Å². The maximum Gasteiger partial charge on any atom is 0.416 e. The predicted molar refractivity (Wildman–Crippen MR) is 117 cm³/mol. The van der Waals surface area contributed by atoms with Gasteiger partial charge < -0.3 is 16.0 Å². The van der Waals surface area contributed by atoms with Gasteiger partial charge in [0.25, 0.3) is 0 Å². The zero-order valence-corrected chi connectivity index (χ0v) is 17.8. The summed E-state index contributed by atoms with van der Waals surface area (Å²) in [6.07, 6.45) is 5.39. The van der Waals surface area contributed by atoms with Gasteiger partial charge in [-0.05, 0) is 54.8 Å². The largest absolute Gasteiger partial charge is 0.416 e. The van der Waals surface area contributed by atoms with Crippen molar-refractivity contribution in [2.45, 2.75) is 31.5 Å². The Kier molecular flexibility index (Phi) is 7.69. The van der Waals surface area contributed by atoms with Crippen LogP contribution in [0.3, 0.4) is 0 Å². The third-order valence-corrected chi connectivity index (χ3v) is 5.47. The topological polar surface area (TPSA) is 70.2 Å². The van der Waals surface area contributed by atoms with Gasteiger partial charge >= 0.3 is 6.18 Å². The van der Waals surface area contributed by atoms with Crippen molar-refractivity contribution in [1.29, 1.82) is 0 Å². The SMILES string of the molecule is CNC(=C\C=C(/C=O)C1=CCNCC1)/C(=C/[C@H]1CCC(=O)N1)c1ccc(C(F)(F)F)cc1. The Labute approximate surface area is 185 Å². The zero-order chi connectivity index (χ0) is 23.1. The van der Waals surface area contributed by atoms with Gasteiger partial charge in [-0.25, -0.2) is 0 Å². The first-order valence-corrected chi connectivity index (χ1v) is 10.5. The predicted octanol–water partition coefficient (Wildman–Crippen LogP) is 3.52. The van der Waals surface area contributed by atoms with Crippen molar-refractivity contribution in [2.24, 2.45) is 0 Å². The Morgan fingerprint density at radius 1 is 1.16 bits per heavy atom. The van der Waals surface area contributed by atoms with Crippen molar-refractivity contribution in [2.75, 3.05) is 20.1 Å². The molecular formula is C24H26F3N3O2. The molecule has 0 radical (unpaired) electrons. The number of allylic oxidation sites excluding steroid dienone is 4. The number of rotatable bonds is 7. The van der Waals surface area contributed by atoms with Gasteiger partial charge in [-0.15, -0.1) is 0 Å². The van der Waals surface area contributed by atoms with Gasteiger partial charge in [0.05, 0.1) is 5.56 Å². The molecule has 2 aliphatic heterocycles. The van der Waals surface area contributed by atoms with Crippen molar-refractivity contribution < 1.29 is 22.8 Å². The van der Waals surface area contributed by atoms with Crippen LogP contribution in [-0.4, -0.2) is 38.4 Å². The molecule has 0 spiro atoms. The summed E-state index contributed by atoms with van der Waals surface area (Å²) in [6, 6.07) is 4.68. The summed E-state index contributed by atoms with van der Waals surface area (Å²) < 4.78 is 39.0. The van der Waals surface area contributed by atoms with E-state index in [0.29, 0.717) is 41.8 Å². The van der Waals surface area contributed by atoms with E-state index >= 15 is 0 Å². The lowest BCUT2D eigenvalue weighted by Gasteiger charge is -2.17. The van der Waals surface area contributed by atoms with Crippen molar-refractivity contribution in [3.05, 3.63) is 76.5 Å². The van der Waals surface area contributed by atoms with Gasteiger partial charge in [-0.1, -0.05) is 24.3 Å². The van der Waals surface area contributed by atoms with Gasteiger partial charge in [-0.2, -0.15) is 13.2 Å². The number of carbonyl (C=O) groups is 2. The third-order valence-electron chi connectivity index (χ3n) is 5.47. The molecule has 5 nitrogen and oxygen atoms in total. The minimum atomic E-state index is -4.42. The second kappa shape index (κ2) is 10.5. The Morgan fingerprint density at radius 2 is 1.91 bits per heavy atom. The molecule has 0 aliphatic carbocycles. The first kappa shape index (κ1) is 23.5. The highest BCUT2D eigenvalue weighted by molar-refractivity contribution is 5.84. The number of amides is 1. The molecule has 0 aromatic heterocycles. The molecular weight excluding hydrogens is 419 g/mol. The van der Waals surface area contributed by atoms with Crippen LogP contribution in [0, 0.1) is 0 Å². The summed E-state index contributed by atoms with van der Waals surface area (Å²) in [5, 5.41) is 9.13. The Balaban J connectivity index is 2.00. The monoisotopic (exact) mass is 445 g/mol. The van der Waals surface area contributed by atoms with Crippen molar-refractivity contribution in [1.82, 2.24) is 16.0 Å². The van der Waals surface area contributed by atoms with Gasteiger partial charge in [0, 0.05) is 42.9 Å². The molecule has 0 saturated carbocycles. The number of aldehydes is 1. The lowest BCUT2D eigenvalue weighted by molar-refractivity contribution is -0.137. The minimum absolute atomic E-state index is 0.0611. The molecule has 1 atom stereocenters. The number of likely N-dealkylation sites (N-methyl/N-ethyl adjacent to an activating group) is 1. The number of carbonyl (C=O) groups excluding carboxylic acids is 2. The molecule has 170 valence electrons. The highest BCUT2D eigenvalue weighted by atomic mass is 19.4. The average Bonchev–Trinajstić information content (AvgIpc) is 3.20. The van der Waals surface area contributed by atoms with Crippen molar-refractivity contribution in [3.8, 4) is 0 Å². The molecule has 3 N–H and O–H groups in total. The molecule has 2 heterocycles. The summed E-state index contributed by atoms with van der Waals surface area (Å²) in [4.78, 5) is 23.3. The summed E-state index contributed by atoms with van der Waals surface area (Å²) in [5.74, 6) is -0.0611. The van der Waals surface area contributed by atoms with Gasteiger partial charge in [-0.3, -0.25) is 9.59 Å². The molecule has 1 amide bonds. The van der Waals surface area contributed by atoms with E-state index in [0.717, 1.165) is 37.0 Å². The maximum atomic E-state index is 13.0. The van der Waals surface area contributed by atoms with E-state index in [4.69, 9.17) is 0 Å². The van der Waals surface area contributed by atoms with Gasteiger partial charge in [0.1, 0.15) is 6.29 Å². The Hall–Kier alpha value is -3.13. The zero-order valence-electron chi connectivity index (χ0n) is 17.8. The second-order valence-electron chi connectivity index (χ2n) is 7.62. The fraction of sp³-hybridized carbons (Fsp3) is 0.333. The molecule has 1 saturated heterocycles. The molecule has 3 rings (SSSR count). The number of nitrogens with one attached hydrogen (secondary N) is 3. The van der Waals surface area contributed by atoms with E-state index in [1.807, 2.05) is 12.2 Å². The van der Waals surface area contributed by atoms with Crippen LogP contribution >= 0.6 is 0 Å². The highest BCUT2D eigenvalue weighted by Crippen LogP contribution is 2.31. The minimum Gasteiger partial charge on any atom is -0.388 e. The van der Waals surface area contributed by atoms with E-state index in [1.165, 1.54) is 12.1 Å². The average molecular weight is 445 g/mol. The lowest BCUT2D eigenvalue weighted by atomic mass is 9.96. The highest BCUT2D eigenvalue weighted by Gasteiger charge is 2.30. The molecule has 0 unspecified atom stereocenters. The van der Waals surface area contributed by atoms with Crippen LogP contribution in [0.4, 0.5) is 13.2 Å². The molecule has 1 aromatic carbocycles. The summed E-state index contributed by atoms with van der Waals surface area (Å²) in [7, 11) is 1.70. The molecule has 1 aromatic rings. The normalized spacial score (nSPS) is 20.6.